The Balaban J connectivity index is 1.82. The maximum atomic E-state index is 13.0. The monoisotopic (exact) mass is 305 g/mol. The molecular weight excluding hydrogens is 289 g/mol. The third-order valence-electron chi connectivity index (χ3n) is 3.68. The Kier molecular flexibility index (Phi) is 4.05. The number of benzene rings is 1. The van der Waals surface area contributed by atoms with Crippen LogP contribution in [0.2, 0.25) is 0 Å². The van der Waals surface area contributed by atoms with Gasteiger partial charge in [0.2, 0.25) is 0 Å². The predicted octanol–water partition coefficient (Wildman–Crippen LogP) is 3.23. The van der Waals surface area contributed by atoms with Gasteiger partial charge in [-0.15, -0.1) is 10.2 Å². The topological polar surface area (TPSA) is 47.8 Å². The Labute approximate surface area is 126 Å². The molecular formula is C15H16FN3OS. The Hall–Kier alpha value is -1.69. The van der Waals surface area contributed by atoms with Crippen molar-refractivity contribution in [2.75, 3.05) is 0 Å². The highest BCUT2D eigenvalue weighted by Gasteiger charge is 2.25. The molecule has 0 N–H and O–H groups in total. The maximum absolute atomic E-state index is 13.0. The molecule has 0 unspecified atom stereocenters. The van der Waals surface area contributed by atoms with Crippen LogP contribution in [0.5, 0.6) is 0 Å². The average molecular weight is 305 g/mol. The van der Waals surface area contributed by atoms with Gasteiger partial charge in [-0.1, -0.05) is 18.2 Å². The molecule has 0 saturated heterocycles. The van der Waals surface area contributed by atoms with Gasteiger partial charge in [0.25, 0.3) is 0 Å². The van der Waals surface area contributed by atoms with Gasteiger partial charge in [0, 0.05) is 19.0 Å². The average Bonchev–Trinajstić information content (AvgIpc) is 2.84. The van der Waals surface area contributed by atoms with Crippen molar-refractivity contribution >= 4 is 17.5 Å². The molecule has 21 heavy (non-hydrogen) atoms. The Morgan fingerprint density at radius 1 is 1.24 bits per heavy atom. The van der Waals surface area contributed by atoms with E-state index in [1.807, 2.05) is 11.6 Å². The number of thioether (sulfide) groups is 1. The predicted molar refractivity (Wildman–Crippen MR) is 79.5 cm³/mol. The molecule has 1 aliphatic rings. The SMILES string of the molecule is Cn1c(S[C@H]2CCCCC2=O)nnc1-c1ccc(F)cc1. The summed E-state index contributed by atoms with van der Waals surface area (Å²) in [6.45, 7) is 0. The third-order valence-corrected chi connectivity index (χ3v) is 5.03. The highest BCUT2D eigenvalue weighted by Crippen LogP contribution is 2.31. The quantitative estimate of drug-likeness (QED) is 0.873. The number of aromatic nitrogens is 3. The maximum Gasteiger partial charge on any atom is 0.191 e. The first-order chi connectivity index (χ1) is 10.1. The molecule has 110 valence electrons. The Bertz CT molecular complexity index is 653. The normalized spacial score (nSPS) is 19.0. The molecule has 1 aromatic carbocycles. The number of hydrogen-bond donors (Lipinski definition) is 0. The van der Waals surface area contributed by atoms with E-state index in [9.17, 15) is 9.18 Å². The van der Waals surface area contributed by atoms with Crippen molar-refractivity contribution in [3.8, 4) is 11.4 Å². The Morgan fingerprint density at radius 2 is 2.00 bits per heavy atom. The van der Waals surface area contributed by atoms with Crippen molar-refractivity contribution in [2.45, 2.75) is 36.1 Å². The van der Waals surface area contributed by atoms with Gasteiger partial charge in [0.15, 0.2) is 11.0 Å². The van der Waals surface area contributed by atoms with Crippen LogP contribution in [0.3, 0.4) is 0 Å². The van der Waals surface area contributed by atoms with E-state index in [1.54, 1.807) is 12.1 Å². The molecule has 1 heterocycles. The van der Waals surface area contributed by atoms with E-state index in [-0.39, 0.29) is 11.1 Å². The van der Waals surface area contributed by atoms with E-state index >= 15 is 0 Å². The zero-order valence-electron chi connectivity index (χ0n) is 11.8. The second kappa shape index (κ2) is 5.97. The highest BCUT2D eigenvalue weighted by atomic mass is 32.2. The standard InChI is InChI=1S/C15H16FN3OS/c1-19-14(10-6-8-11(16)9-7-10)17-18-15(19)21-13-5-3-2-4-12(13)20/h6-9,13H,2-5H2,1H3/t13-/m0/s1. The lowest BCUT2D eigenvalue weighted by atomic mass is 9.99. The van der Waals surface area contributed by atoms with E-state index in [0.717, 1.165) is 30.0 Å². The van der Waals surface area contributed by atoms with Crippen LogP contribution in [0.4, 0.5) is 4.39 Å². The lowest BCUT2D eigenvalue weighted by molar-refractivity contribution is -0.119. The summed E-state index contributed by atoms with van der Waals surface area (Å²) in [7, 11) is 1.87. The van der Waals surface area contributed by atoms with Crippen LogP contribution in [-0.4, -0.2) is 25.8 Å². The van der Waals surface area contributed by atoms with Crippen molar-refractivity contribution in [2.24, 2.45) is 7.05 Å². The van der Waals surface area contributed by atoms with Gasteiger partial charge in [-0.25, -0.2) is 4.39 Å². The fourth-order valence-corrected chi connectivity index (χ4v) is 3.59. The number of rotatable bonds is 3. The summed E-state index contributed by atoms with van der Waals surface area (Å²) in [4.78, 5) is 11.9. The summed E-state index contributed by atoms with van der Waals surface area (Å²) in [5.74, 6) is 0.710. The lowest BCUT2D eigenvalue weighted by Gasteiger charge is -2.19. The van der Waals surface area contributed by atoms with E-state index < -0.39 is 0 Å². The molecule has 4 nitrogen and oxygen atoms in total. The minimum Gasteiger partial charge on any atom is -0.305 e. The van der Waals surface area contributed by atoms with Crippen molar-refractivity contribution in [3.05, 3.63) is 30.1 Å². The number of hydrogen-bond acceptors (Lipinski definition) is 4. The van der Waals surface area contributed by atoms with Gasteiger partial charge < -0.3 is 4.57 Å². The largest absolute Gasteiger partial charge is 0.305 e. The minimum absolute atomic E-state index is 0.0114. The van der Waals surface area contributed by atoms with Crippen LogP contribution in [0.15, 0.2) is 29.4 Å². The van der Waals surface area contributed by atoms with Crippen LogP contribution in [0.25, 0.3) is 11.4 Å². The second-order valence-electron chi connectivity index (χ2n) is 5.19. The molecule has 1 fully saturated rings. The molecule has 3 rings (SSSR count). The van der Waals surface area contributed by atoms with Gasteiger partial charge in [0.1, 0.15) is 11.6 Å². The van der Waals surface area contributed by atoms with Crippen LogP contribution < -0.4 is 0 Å². The van der Waals surface area contributed by atoms with E-state index in [1.165, 1.54) is 23.9 Å². The lowest BCUT2D eigenvalue weighted by Crippen LogP contribution is -2.21. The molecule has 1 saturated carbocycles. The number of ketones is 1. The molecule has 0 bridgehead atoms. The molecule has 6 heteroatoms. The molecule has 0 aliphatic heterocycles. The number of carbonyl (C=O) groups excluding carboxylic acids is 1. The van der Waals surface area contributed by atoms with Crippen LogP contribution in [0, 0.1) is 5.82 Å². The fourth-order valence-electron chi connectivity index (χ4n) is 2.47. The smallest absolute Gasteiger partial charge is 0.191 e. The molecule has 1 aromatic heterocycles. The third kappa shape index (κ3) is 3.00. The molecule has 0 amide bonds. The van der Waals surface area contributed by atoms with Gasteiger partial charge in [-0.2, -0.15) is 0 Å². The Morgan fingerprint density at radius 3 is 2.71 bits per heavy atom. The zero-order valence-corrected chi connectivity index (χ0v) is 12.6. The van der Waals surface area contributed by atoms with Crippen molar-refractivity contribution in [3.63, 3.8) is 0 Å². The molecule has 0 radical (unpaired) electrons. The van der Waals surface area contributed by atoms with Crippen LogP contribution in [-0.2, 0) is 11.8 Å². The second-order valence-corrected chi connectivity index (χ2v) is 6.36. The van der Waals surface area contributed by atoms with Gasteiger partial charge in [-0.3, -0.25) is 4.79 Å². The number of carbonyl (C=O) groups is 1. The summed E-state index contributed by atoms with van der Waals surface area (Å²) < 4.78 is 14.8. The van der Waals surface area contributed by atoms with E-state index in [4.69, 9.17) is 0 Å². The van der Waals surface area contributed by atoms with Gasteiger partial charge >= 0.3 is 0 Å². The van der Waals surface area contributed by atoms with E-state index in [2.05, 4.69) is 10.2 Å². The minimum atomic E-state index is -0.275. The van der Waals surface area contributed by atoms with Crippen molar-refractivity contribution in [1.29, 1.82) is 0 Å². The fraction of sp³-hybridized carbons (Fsp3) is 0.400. The molecule has 1 aliphatic carbocycles. The summed E-state index contributed by atoms with van der Waals surface area (Å²) in [6.07, 6.45) is 3.66. The van der Waals surface area contributed by atoms with Gasteiger partial charge in [0.05, 0.1) is 5.25 Å². The number of halogens is 1. The first kappa shape index (κ1) is 14.3. The summed E-state index contributed by atoms with van der Waals surface area (Å²) >= 11 is 1.48. The highest BCUT2D eigenvalue weighted by molar-refractivity contribution is 8.00. The summed E-state index contributed by atoms with van der Waals surface area (Å²) in [5.41, 5.74) is 0.813. The number of Topliss-reactive ketones (excluding diaryl/α,β-unsaturated/α-hetero) is 1. The summed E-state index contributed by atoms with van der Waals surface area (Å²) in [5, 5.41) is 9.06. The molecule has 2 aromatic rings. The molecule has 0 spiro atoms. The first-order valence-corrected chi connectivity index (χ1v) is 7.88. The van der Waals surface area contributed by atoms with Crippen LogP contribution >= 0.6 is 11.8 Å². The summed E-state index contributed by atoms with van der Waals surface area (Å²) in [6, 6.07) is 6.17. The number of nitrogens with zero attached hydrogens (tertiary/aromatic N) is 3. The van der Waals surface area contributed by atoms with E-state index in [0.29, 0.717) is 18.0 Å². The van der Waals surface area contributed by atoms with Crippen molar-refractivity contribution < 1.29 is 9.18 Å². The van der Waals surface area contributed by atoms with Crippen LogP contribution in [0.1, 0.15) is 25.7 Å². The zero-order chi connectivity index (χ0) is 14.8. The molecule has 1 atom stereocenters. The van der Waals surface area contributed by atoms with Gasteiger partial charge in [-0.05, 0) is 37.1 Å². The first-order valence-electron chi connectivity index (χ1n) is 7.00. The van der Waals surface area contributed by atoms with Crippen molar-refractivity contribution in [1.82, 2.24) is 14.8 Å².